The van der Waals surface area contributed by atoms with Crippen molar-refractivity contribution in [3.8, 4) is 44.7 Å². The fourth-order valence-corrected chi connectivity index (χ4v) is 7.76. The van der Waals surface area contributed by atoms with Crippen molar-refractivity contribution in [2.24, 2.45) is 0 Å². The maximum atomic E-state index is 6.45. The number of benzene rings is 7. The second-order valence-electron chi connectivity index (χ2n) is 11.9. The molecule has 48 heavy (non-hydrogen) atoms. The maximum Gasteiger partial charge on any atom is 0.166 e. The van der Waals surface area contributed by atoms with E-state index in [-0.39, 0.29) is 0 Å². The third-order valence-electron chi connectivity index (χ3n) is 8.94. The van der Waals surface area contributed by atoms with Crippen LogP contribution in [0.4, 0.5) is 0 Å². The topological polar surface area (TPSA) is 64.7 Å². The lowest BCUT2D eigenvalue weighted by molar-refractivity contribution is 0.669. The van der Waals surface area contributed by atoms with Crippen molar-refractivity contribution in [2.45, 2.75) is 0 Å². The van der Waals surface area contributed by atoms with E-state index in [1.54, 1.807) is 11.3 Å². The maximum absolute atomic E-state index is 6.45. The number of fused-ring (bicyclic) bond motifs is 7. The second-order valence-corrected chi connectivity index (χ2v) is 12.9. The van der Waals surface area contributed by atoms with Crippen LogP contribution in [0.5, 0.6) is 0 Å². The smallest absolute Gasteiger partial charge is 0.166 e. The zero-order chi connectivity index (χ0) is 31.6. The molecule has 0 aliphatic rings. The summed E-state index contributed by atoms with van der Waals surface area (Å²) in [5.41, 5.74) is 6.23. The van der Waals surface area contributed by atoms with Crippen LogP contribution in [-0.4, -0.2) is 19.9 Å². The first-order valence-electron chi connectivity index (χ1n) is 15.8. The third-order valence-corrected chi connectivity index (χ3v) is 10.1. The van der Waals surface area contributed by atoms with E-state index in [1.165, 1.54) is 16.2 Å². The quantitative estimate of drug-likeness (QED) is 0.181. The van der Waals surface area contributed by atoms with Crippen molar-refractivity contribution in [2.75, 3.05) is 0 Å². The zero-order valence-electron chi connectivity index (χ0n) is 25.5. The number of thiazole rings is 1. The second kappa shape index (κ2) is 10.7. The Morgan fingerprint density at radius 2 is 1.06 bits per heavy atom. The van der Waals surface area contributed by atoms with Gasteiger partial charge in [0.1, 0.15) is 16.2 Å². The van der Waals surface area contributed by atoms with E-state index < -0.39 is 0 Å². The lowest BCUT2D eigenvalue weighted by Gasteiger charge is -2.11. The van der Waals surface area contributed by atoms with Gasteiger partial charge in [-0.25, -0.2) is 19.9 Å². The minimum atomic E-state index is 0.585. The fourth-order valence-electron chi connectivity index (χ4n) is 6.66. The molecule has 0 fully saturated rings. The van der Waals surface area contributed by atoms with Gasteiger partial charge in [-0.3, -0.25) is 0 Å². The molecule has 0 aliphatic heterocycles. The van der Waals surface area contributed by atoms with Crippen molar-refractivity contribution in [1.82, 2.24) is 19.9 Å². The van der Waals surface area contributed by atoms with Gasteiger partial charge in [-0.2, -0.15) is 0 Å². The molecule has 0 N–H and O–H groups in total. The molecule has 10 rings (SSSR count). The van der Waals surface area contributed by atoms with Crippen molar-refractivity contribution in [1.29, 1.82) is 0 Å². The number of hydrogen-bond acceptors (Lipinski definition) is 6. The molecule has 3 aromatic heterocycles. The number of para-hydroxylation sites is 1. The first kappa shape index (κ1) is 26.9. The predicted molar refractivity (Wildman–Crippen MR) is 197 cm³/mol. The Kier molecular flexibility index (Phi) is 5.98. The van der Waals surface area contributed by atoms with Gasteiger partial charge in [0, 0.05) is 33.5 Å². The largest absolute Gasteiger partial charge is 0.456 e. The average Bonchev–Trinajstić information content (AvgIpc) is 3.75. The monoisotopic (exact) mass is 632 g/mol. The third kappa shape index (κ3) is 4.31. The van der Waals surface area contributed by atoms with Gasteiger partial charge in [-0.1, -0.05) is 127 Å². The minimum absolute atomic E-state index is 0.585. The van der Waals surface area contributed by atoms with E-state index >= 15 is 0 Å². The van der Waals surface area contributed by atoms with E-state index in [0.29, 0.717) is 17.5 Å². The lowest BCUT2D eigenvalue weighted by atomic mass is 9.99. The van der Waals surface area contributed by atoms with Gasteiger partial charge in [0.2, 0.25) is 0 Å². The lowest BCUT2D eigenvalue weighted by Crippen LogP contribution is -2.00. The standard InChI is InChI=1S/C42H24N4OS/c1-3-12-27(13-4-1)39-44-40(29-22-21-26-20-19-25-11-7-8-16-30(25)32(26)23-29)46-41(45-39)37-36-31-17-9-10-18-34(31)47-35(36)24-33-38(37)48-42(43-33)28-14-5-2-6-15-28/h1-24H. The molecule has 0 amide bonds. The van der Waals surface area contributed by atoms with E-state index in [1.807, 2.05) is 72.8 Å². The summed E-state index contributed by atoms with van der Waals surface area (Å²) in [6.07, 6.45) is 0. The van der Waals surface area contributed by atoms with Crippen LogP contribution in [0.15, 0.2) is 150 Å². The van der Waals surface area contributed by atoms with E-state index in [4.69, 9.17) is 24.4 Å². The molecule has 0 unspecified atom stereocenters. The minimum Gasteiger partial charge on any atom is -0.456 e. The molecule has 10 aromatic rings. The summed E-state index contributed by atoms with van der Waals surface area (Å²) in [4.78, 5) is 20.7. The Bertz CT molecular complexity index is 2840. The summed E-state index contributed by atoms with van der Waals surface area (Å²) in [5, 5.41) is 7.65. The molecule has 0 saturated carbocycles. The summed E-state index contributed by atoms with van der Waals surface area (Å²) < 4.78 is 7.46. The van der Waals surface area contributed by atoms with Gasteiger partial charge in [-0.05, 0) is 33.7 Å². The Morgan fingerprint density at radius 3 is 1.88 bits per heavy atom. The number of nitrogens with zero attached hydrogens (tertiary/aromatic N) is 4. The highest BCUT2D eigenvalue weighted by molar-refractivity contribution is 7.22. The van der Waals surface area contributed by atoms with Gasteiger partial charge in [0.15, 0.2) is 17.5 Å². The van der Waals surface area contributed by atoms with Crippen LogP contribution in [0, 0.1) is 0 Å². The molecule has 0 saturated heterocycles. The highest BCUT2D eigenvalue weighted by Crippen LogP contribution is 2.45. The summed E-state index contributed by atoms with van der Waals surface area (Å²) >= 11 is 1.65. The van der Waals surface area contributed by atoms with Gasteiger partial charge < -0.3 is 4.42 Å². The van der Waals surface area contributed by atoms with Crippen LogP contribution in [0.25, 0.3) is 98.4 Å². The first-order chi connectivity index (χ1) is 23.8. The summed E-state index contributed by atoms with van der Waals surface area (Å²) in [5.74, 6) is 1.81. The SMILES string of the molecule is c1ccc(-c2nc(-c3ccc4ccc5ccccc5c4c3)nc(-c3c4sc(-c5ccccc5)nc4cc4oc5ccccc5c34)n2)cc1. The van der Waals surface area contributed by atoms with Crippen molar-refractivity contribution < 1.29 is 4.42 Å². The molecule has 0 aliphatic carbocycles. The molecule has 0 bridgehead atoms. The Labute approximate surface area is 278 Å². The molecule has 6 heteroatoms. The van der Waals surface area contributed by atoms with E-state index in [2.05, 4.69) is 72.8 Å². The number of furan rings is 1. The predicted octanol–water partition coefficient (Wildman–Crippen LogP) is 11.4. The van der Waals surface area contributed by atoms with Gasteiger partial charge in [0.05, 0.1) is 15.8 Å². The number of aromatic nitrogens is 4. The molecular formula is C42H24N4OS. The van der Waals surface area contributed by atoms with Crippen molar-refractivity contribution in [3.63, 3.8) is 0 Å². The summed E-state index contributed by atoms with van der Waals surface area (Å²) in [6.45, 7) is 0. The normalized spacial score (nSPS) is 11.8. The molecule has 224 valence electrons. The summed E-state index contributed by atoms with van der Waals surface area (Å²) in [7, 11) is 0. The van der Waals surface area contributed by atoms with E-state index in [0.717, 1.165) is 64.8 Å². The molecule has 0 radical (unpaired) electrons. The molecule has 0 spiro atoms. The van der Waals surface area contributed by atoms with Crippen LogP contribution in [0.3, 0.4) is 0 Å². The molecule has 5 nitrogen and oxygen atoms in total. The van der Waals surface area contributed by atoms with Gasteiger partial charge in [0.25, 0.3) is 0 Å². The van der Waals surface area contributed by atoms with Crippen LogP contribution in [0.1, 0.15) is 0 Å². The molecule has 0 atom stereocenters. The first-order valence-corrected chi connectivity index (χ1v) is 16.6. The Hall–Kier alpha value is -6.24. The van der Waals surface area contributed by atoms with Crippen LogP contribution in [-0.2, 0) is 0 Å². The van der Waals surface area contributed by atoms with Crippen LogP contribution in [0.2, 0.25) is 0 Å². The molecule has 7 aromatic carbocycles. The van der Waals surface area contributed by atoms with Gasteiger partial charge >= 0.3 is 0 Å². The highest BCUT2D eigenvalue weighted by Gasteiger charge is 2.23. The van der Waals surface area contributed by atoms with Crippen LogP contribution >= 0.6 is 11.3 Å². The fraction of sp³-hybridized carbons (Fsp3) is 0. The average molecular weight is 633 g/mol. The summed E-state index contributed by atoms with van der Waals surface area (Å²) in [6, 6.07) is 49.9. The Balaban J connectivity index is 1.29. The van der Waals surface area contributed by atoms with Crippen molar-refractivity contribution >= 4 is 65.0 Å². The Morgan fingerprint density at radius 1 is 0.438 bits per heavy atom. The molecule has 3 heterocycles. The van der Waals surface area contributed by atoms with Gasteiger partial charge in [-0.15, -0.1) is 11.3 Å². The van der Waals surface area contributed by atoms with Crippen LogP contribution < -0.4 is 0 Å². The van der Waals surface area contributed by atoms with E-state index in [9.17, 15) is 0 Å². The zero-order valence-corrected chi connectivity index (χ0v) is 26.3. The molecular weight excluding hydrogens is 609 g/mol. The number of rotatable bonds is 4. The highest BCUT2D eigenvalue weighted by atomic mass is 32.1. The van der Waals surface area contributed by atoms with Crippen molar-refractivity contribution in [3.05, 3.63) is 146 Å². The number of hydrogen-bond donors (Lipinski definition) is 0.